The van der Waals surface area contributed by atoms with Crippen molar-refractivity contribution in [2.45, 2.75) is 44.8 Å². The third-order valence-electron chi connectivity index (χ3n) is 5.50. The highest BCUT2D eigenvalue weighted by Gasteiger charge is 2.47. The zero-order valence-corrected chi connectivity index (χ0v) is 13.7. The molecule has 0 radical (unpaired) electrons. The first-order valence-electron chi connectivity index (χ1n) is 8.69. The Kier molecular flexibility index (Phi) is 3.89. The van der Waals surface area contributed by atoms with Gasteiger partial charge in [-0.05, 0) is 55.4 Å². The van der Waals surface area contributed by atoms with Crippen molar-refractivity contribution in [3.63, 3.8) is 0 Å². The molecule has 2 aliphatic rings. The van der Waals surface area contributed by atoms with Crippen LogP contribution in [0.2, 0.25) is 0 Å². The van der Waals surface area contributed by atoms with Crippen molar-refractivity contribution >= 4 is 5.78 Å². The summed E-state index contributed by atoms with van der Waals surface area (Å²) < 4.78 is 5.87. The summed E-state index contributed by atoms with van der Waals surface area (Å²) >= 11 is 0. The SMILES string of the molecule is O=C1c2cc(OCc3ccccc3)ccc2CC12CCC(O)CC2. The molecule has 1 spiro atoms. The molecule has 0 aromatic heterocycles. The molecule has 0 saturated heterocycles. The number of hydrogen-bond acceptors (Lipinski definition) is 3. The molecule has 0 bridgehead atoms. The standard InChI is InChI=1S/C21H22O3/c22-17-8-10-21(11-9-17)13-16-6-7-18(12-19(16)20(21)23)24-14-15-4-2-1-3-5-15/h1-7,12,17,22H,8-11,13-14H2. The van der Waals surface area contributed by atoms with Crippen LogP contribution in [0.1, 0.15) is 47.2 Å². The van der Waals surface area contributed by atoms with Gasteiger partial charge in [0.25, 0.3) is 0 Å². The molecule has 1 N–H and O–H groups in total. The van der Waals surface area contributed by atoms with Crippen molar-refractivity contribution in [1.82, 2.24) is 0 Å². The van der Waals surface area contributed by atoms with Gasteiger partial charge in [-0.25, -0.2) is 0 Å². The zero-order chi connectivity index (χ0) is 16.6. The highest BCUT2D eigenvalue weighted by molar-refractivity contribution is 6.05. The minimum absolute atomic E-state index is 0.239. The van der Waals surface area contributed by atoms with E-state index in [0.29, 0.717) is 6.61 Å². The van der Waals surface area contributed by atoms with Crippen LogP contribution in [0.15, 0.2) is 48.5 Å². The van der Waals surface area contributed by atoms with Gasteiger partial charge >= 0.3 is 0 Å². The maximum absolute atomic E-state index is 13.0. The number of ether oxygens (including phenoxy) is 1. The Labute approximate surface area is 142 Å². The van der Waals surface area contributed by atoms with Crippen LogP contribution in [0.25, 0.3) is 0 Å². The van der Waals surface area contributed by atoms with Gasteiger partial charge in [-0.1, -0.05) is 36.4 Å². The predicted octanol–water partition coefficient (Wildman–Crippen LogP) is 3.93. The molecule has 1 fully saturated rings. The number of hydrogen-bond donors (Lipinski definition) is 1. The number of benzene rings is 2. The Hall–Kier alpha value is -2.13. The summed E-state index contributed by atoms with van der Waals surface area (Å²) in [5.74, 6) is 0.994. The number of aliphatic hydroxyl groups is 1. The molecular formula is C21H22O3. The fourth-order valence-corrected chi connectivity index (χ4v) is 4.04. The lowest BCUT2D eigenvalue weighted by atomic mass is 9.70. The number of Topliss-reactive ketones (excluding diaryl/α,β-unsaturated/α-hetero) is 1. The minimum Gasteiger partial charge on any atom is -0.489 e. The number of carbonyl (C=O) groups excluding carboxylic acids is 1. The second-order valence-electron chi connectivity index (χ2n) is 7.11. The first-order valence-corrected chi connectivity index (χ1v) is 8.69. The van der Waals surface area contributed by atoms with Gasteiger partial charge in [-0.2, -0.15) is 0 Å². The number of rotatable bonds is 3. The molecule has 2 aliphatic carbocycles. The van der Waals surface area contributed by atoms with E-state index in [-0.39, 0.29) is 17.3 Å². The molecule has 3 nitrogen and oxygen atoms in total. The van der Waals surface area contributed by atoms with Crippen molar-refractivity contribution in [1.29, 1.82) is 0 Å². The maximum Gasteiger partial charge on any atom is 0.169 e. The molecule has 0 atom stereocenters. The van der Waals surface area contributed by atoms with Crippen LogP contribution in [0.4, 0.5) is 0 Å². The second kappa shape index (κ2) is 6.06. The molecule has 0 aliphatic heterocycles. The molecular weight excluding hydrogens is 300 g/mol. The molecule has 3 heteroatoms. The van der Waals surface area contributed by atoms with Gasteiger partial charge in [0.15, 0.2) is 5.78 Å². The predicted molar refractivity (Wildman–Crippen MR) is 92.2 cm³/mol. The maximum atomic E-state index is 13.0. The zero-order valence-electron chi connectivity index (χ0n) is 13.7. The van der Waals surface area contributed by atoms with Crippen LogP contribution >= 0.6 is 0 Å². The number of aliphatic hydroxyl groups excluding tert-OH is 1. The van der Waals surface area contributed by atoms with Gasteiger partial charge in [-0.3, -0.25) is 4.79 Å². The molecule has 0 amide bonds. The van der Waals surface area contributed by atoms with Crippen molar-refractivity contribution in [2.24, 2.45) is 5.41 Å². The summed E-state index contributed by atoms with van der Waals surface area (Å²) in [6, 6.07) is 15.9. The Morgan fingerprint density at radius 3 is 2.58 bits per heavy atom. The van der Waals surface area contributed by atoms with Crippen LogP contribution in [0.3, 0.4) is 0 Å². The number of ketones is 1. The van der Waals surface area contributed by atoms with E-state index >= 15 is 0 Å². The fourth-order valence-electron chi connectivity index (χ4n) is 4.04. The second-order valence-corrected chi connectivity index (χ2v) is 7.11. The van der Waals surface area contributed by atoms with E-state index in [1.807, 2.05) is 48.5 Å². The molecule has 4 rings (SSSR count). The number of carbonyl (C=O) groups is 1. The third kappa shape index (κ3) is 2.73. The summed E-state index contributed by atoms with van der Waals surface area (Å²) in [7, 11) is 0. The van der Waals surface area contributed by atoms with Gasteiger partial charge < -0.3 is 9.84 Å². The average molecular weight is 322 g/mol. The Morgan fingerprint density at radius 2 is 1.83 bits per heavy atom. The van der Waals surface area contributed by atoms with E-state index < -0.39 is 0 Å². The smallest absolute Gasteiger partial charge is 0.169 e. The largest absolute Gasteiger partial charge is 0.489 e. The summed E-state index contributed by atoms with van der Waals surface area (Å²) in [4.78, 5) is 13.0. The van der Waals surface area contributed by atoms with Crippen LogP contribution in [-0.2, 0) is 13.0 Å². The van der Waals surface area contributed by atoms with Crippen LogP contribution < -0.4 is 4.74 Å². The number of fused-ring (bicyclic) bond motifs is 1. The first-order chi connectivity index (χ1) is 11.7. The van der Waals surface area contributed by atoms with Gasteiger partial charge in [-0.15, -0.1) is 0 Å². The van der Waals surface area contributed by atoms with Gasteiger partial charge in [0.05, 0.1) is 6.10 Å². The van der Waals surface area contributed by atoms with Crippen molar-refractivity contribution in [3.05, 3.63) is 65.2 Å². The van der Waals surface area contributed by atoms with E-state index in [0.717, 1.165) is 54.5 Å². The van der Waals surface area contributed by atoms with E-state index in [1.165, 1.54) is 0 Å². The topological polar surface area (TPSA) is 46.5 Å². The van der Waals surface area contributed by atoms with E-state index in [2.05, 4.69) is 0 Å². The lowest BCUT2D eigenvalue weighted by Gasteiger charge is -2.33. The highest BCUT2D eigenvalue weighted by atomic mass is 16.5. The highest BCUT2D eigenvalue weighted by Crippen LogP contribution is 2.47. The first kappa shape index (κ1) is 15.4. The van der Waals surface area contributed by atoms with Crippen LogP contribution in [0.5, 0.6) is 5.75 Å². The molecule has 2 aromatic rings. The summed E-state index contributed by atoms with van der Waals surface area (Å²) in [6.07, 6.45) is 3.63. The van der Waals surface area contributed by atoms with Crippen molar-refractivity contribution < 1.29 is 14.6 Å². The van der Waals surface area contributed by atoms with E-state index in [1.54, 1.807) is 0 Å². The molecule has 0 unspecified atom stereocenters. The monoisotopic (exact) mass is 322 g/mol. The van der Waals surface area contributed by atoms with Crippen LogP contribution in [-0.4, -0.2) is 17.0 Å². The van der Waals surface area contributed by atoms with Crippen molar-refractivity contribution in [2.75, 3.05) is 0 Å². The molecule has 1 saturated carbocycles. The normalized spacial score (nSPS) is 25.7. The third-order valence-corrected chi connectivity index (χ3v) is 5.50. The fraction of sp³-hybridized carbons (Fsp3) is 0.381. The van der Waals surface area contributed by atoms with Crippen LogP contribution in [0, 0.1) is 5.41 Å². The molecule has 2 aromatic carbocycles. The molecule has 24 heavy (non-hydrogen) atoms. The van der Waals surface area contributed by atoms with Gasteiger partial charge in [0.1, 0.15) is 12.4 Å². The summed E-state index contributed by atoms with van der Waals surface area (Å²) in [5.41, 5.74) is 2.78. The van der Waals surface area contributed by atoms with Gasteiger partial charge in [0.2, 0.25) is 0 Å². The van der Waals surface area contributed by atoms with Gasteiger partial charge in [0, 0.05) is 11.0 Å². The van der Waals surface area contributed by atoms with E-state index in [4.69, 9.17) is 4.74 Å². The minimum atomic E-state index is -0.278. The quantitative estimate of drug-likeness (QED) is 0.931. The van der Waals surface area contributed by atoms with E-state index in [9.17, 15) is 9.90 Å². The molecule has 0 heterocycles. The molecule has 124 valence electrons. The Morgan fingerprint density at radius 1 is 1.08 bits per heavy atom. The Bertz CT molecular complexity index is 743. The lowest BCUT2D eigenvalue weighted by molar-refractivity contribution is 0.0513. The summed E-state index contributed by atoms with van der Waals surface area (Å²) in [6.45, 7) is 0.505. The lowest BCUT2D eigenvalue weighted by Crippen LogP contribution is -2.34. The van der Waals surface area contributed by atoms with Crippen molar-refractivity contribution in [3.8, 4) is 5.75 Å². The average Bonchev–Trinajstić information content (AvgIpc) is 2.89. The summed E-state index contributed by atoms with van der Waals surface area (Å²) in [5, 5.41) is 9.75. The Balaban J connectivity index is 1.51.